The molecule has 0 spiro atoms. The smallest absolute Gasteiger partial charge is 0.227 e. The molecule has 0 radical (unpaired) electrons. The van der Waals surface area contributed by atoms with E-state index in [1.54, 1.807) is 0 Å². The first-order chi connectivity index (χ1) is 12.0. The monoisotopic (exact) mass is 336 g/mol. The molecule has 0 bridgehead atoms. The van der Waals surface area contributed by atoms with Crippen molar-refractivity contribution in [3.63, 3.8) is 0 Å². The lowest BCUT2D eigenvalue weighted by atomic mass is 10.0. The molecule has 1 fully saturated rings. The number of carbonyl (C=O) groups excluding carboxylic acids is 2. The van der Waals surface area contributed by atoms with Crippen LogP contribution >= 0.6 is 0 Å². The van der Waals surface area contributed by atoms with Gasteiger partial charge in [0.1, 0.15) is 0 Å². The number of benzene rings is 2. The van der Waals surface area contributed by atoms with Gasteiger partial charge in [-0.1, -0.05) is 30.3 Å². The van der Waals surface area contributed by atoms with Gasteiger partial charge in [0.25, 0.3) is 0 Å². The van der Waals surface area contributed by atoms with Crippen molar-refractivity contribution in [2.24, 2.45) is 0 Å². The Kier molecular flexibility index (Phi) is 5.17. The third-order valence-electron chi connectivity index (χ3n) is 4.75. The lowest BCUT2D eigenvalue weighted by Crippen LogP contribution is -2.25. The van der Waals surface area contributed by atoms with Gasteiger partial charge in [0.15, 0.2) is 0 Å². The van der Waals surface area contributed by atoms with Crippen LogP contribution in [0.1, 0.15) is 35.1 Å². The standard InChI is InChI=1S/C21H24N2O2/c1-15-5-6-18(12-16(15)2)13-20(24)22-14-17-7-9-19(10-8-17)23-11-3-4-21(23)25/h5-10,12H,3-4,11,13-14H2,1-2H3,(H,22,24). The lowest BCUT2D eigenvalue weighted by Gasteiger charge is -2.16. The van der Waals surface area contributed by atoms with E-state index in [0.29, 0.717) is 19.4 Å². The Morgan fingerprint density at radius 3 is 2.40 bits per heavy atom. The van der Waals surface area contributed by atoms with Crippen molar-refractivity contribution in [2.75, 3.05) is 11.4 Å². The summed E-state index contributed by atoms with van der Waals surface area (Å²) in [6.07, 6.45) is 1.95. The van der Waals surface area contributed by atoms with Crippen LogP contribution in [0.2, 0.25) is 0 Å². The van der Waals surface area contributed by atoms with Crippen LogP contribution in [0, 0.1) is 13.8 Å². The summed E-state index contributed by atoms with van der Waals surface area (Å²) in [5, 5.41) is 2.96. The molecular weight excluding hydrogens is 312 g/mol. The van der Waals surface area contributed by atoms with E-state index >= 15 is 0 Å². The Balaban J connectivity index is 1.53. The Bertz CT molecular complexity index is 781. The highest BCUT2D eigenvalue weighted by Crippen LogP contribution is 2.21. The summed E-state index contributed by atoms with van der Waals surface area (Å²) in [5.74, 6) is 0.205. The quantitative estimate of drug-likeness (QED) is 0.911. The van der Waals surface area contributed by atoms with E-state index in [1.807, 2.05) is 35.2 Å². The highest BCUT2D eigenvalue weighted by atomic mass is 16.2. The van der Waals surface area contributed by atoms with Gasteiger partial charge in [-0.3, -0.25) is 9.59 Å². The number of aryl methyl sites for hydroxylation is 2. The maximum Gasteiger partial charge on any atom is 0.227 e. The first kappa shape index (κ1) is 17.2. The second kappa shape index (κ2) is 7.51. The Morgan fingerprint density at radius 1 is 1.04 bits per heavy atom. The maximum atomic E-state index is 12.1. The zero-order chi connectivity index (χ0) is 17.8. The molecule has 1 aliphatic rings. The molecule has 1 heterocycles. The fourth-order valence-electron chi connectivity index (χ4n) is 3.08. The molecule has 1 N–H and O–H groups in total. The van der Waals surface area contributed by atoms with E-state index < -0.39 is 0 Å². The topological polar surface area (TPSA) is 49.4 Å². The van der Waals surface area contributed by atoms with E-state index in [2.05, 4.69) is 31.3 Å². The van der Waals surface area contributed by atoms with E-state index in [-0.39, 0.29) is 11.8 Å². The SMILES string of the molecule is Cc1ccc(CC(=O)NCc2ccc(N3CCCC3=O)cc2)cc1C. The third kappa shape index (κ3) is 4.27. The average molecular weight is 336 g/mol. The first-order valence-corrected chi connectivity index (χ1v) is 8.75. The highest BCUT2D eigenvalue weighted by molar-refractivity contribution is 5.95. The summed E-state index contributed by atoms with van der Waals surface area (Å²) in [5.41, 5.74) is 5.44. The van der Waals surface area contributed by atoms with Crippen molar-refractivity contribution in [1.29, 1.82) is 0 Å². The number of anilines is 1. The highest BCUT2D eigenvalue weighted by Gasteiger charge is 2.21. The number of rotatable bonds is 5. The summed E-state index contributed by atoms with van der Waals surface area (Å²) < 4.78 is 0. The molecule has 0 unspecified atom stereocenters. The molecule has 25 heavy (non-hydrogen) atoms. The first-order valence-electron chi connectivity index (χ1n) is 8.75. The molecule has 0 atom stereocenters. The van der Waals surface area contributed by atoms with Crippen LogP contribution in [0.25, 0.3) is 0 Å². The molecule has 0 aliphatic carbocycles. The molecule has 2 amide bonds. The number of carbonyl (C=O) groups is 2. The van der Waals surface area contributed by atoms with Gasteiger partial charge in [-0.05, 0) is 54.7 Å². The molecule has 3 rings (SSSR count). The average Bonchev–Trinajstić information content (AvgIpc) is 3.03. The third-order valence-corrected chi connectivity index (χ3v) is 4.75. The van der Waals surface area contributed by atoms with E-state index in [0.717, 1.165) is 29.8 Å². The summed E-state index contributed by atoms with van der Waals surface area (Å²) >= 11 is 0. The van der Waals surface area contributed by atoms with Crippen LogP contribution in [0.5, 0.6) is 0 Å². The fourth-order valence-corrected chi connectivity index (χ4v) is 3.08. The van der Waals surface area contributed by atoms with Crippen molar-refractivity contribution >= 4 is 17.5 Å². The molecule has 130 valence electrons. The van der Waals surface area contributed by atoms with E-state index in [9.17, 15) is 9.59 Å². The molecule has 2 aromatic rings. The second-order valence-corrected chi connectivity index (χ2v) is 6.69. The molecule has 1 aliphatic heterocycles. The van der Waals surface area contributed by atoms with Gasteiger partial charge in [0.2, 0.25) is 11.8 Å². The normalized spacial score (nSPS) is 14.0. The van der Waals surface area contributed by atoms with Gasteiger partial charge < -0.3 is 10.2 Å². The zero-order valence-electron chi connectivity index (χ0n) is 14.8. The van der Waals surface area contributed by atoms with Crippen molar-refractivity contribution in [3.05, 3.63) is 64.7 Å². The molecule has 4 heteroatoms. The van der Waals surface area contributed by atoms with Gasteiger partial charge >= 0.3 is 0 Å². The van der Waals surface area contributed by atoms with Crippen LogP contribution in [0.3, 0.4) is 0 Å². The van der Waals surface area contributed by atoms with E-state index in [1.165, 1.54) is 11.1 Å². The van der Waals surface area contributed by atoms with Crippen molar-refractivity contribution < 1.29 is 9.59 Å². The molecule has 4 nitrogen and oxygen atoms in total. The lowest BCUT2D eigenvalue weighted by molar-refractivity contribution is -0.120. The van der Waals surface area contributed by atoms with Gasteiger partial charge in [0.05, 0.1) is 6.42 Å². The molecule has 0 aromatic heterocycles. The van der Waals surface area contributed by atoms with Gasteiger partial charge in [-0.15, -0.1) is 0 Å². The van der Waals surface area contributed by atoms with Gasteiger partial charge in [-0.25, -0.2) is 0 Å². The molecule has 1 saturated heterocycles. The molecular formula is C21H24N2O2. The zero-order valence-corrected chi connectivity index (χ0v) is 14.8. The van der Waals surface area contributed by atoms with Crippen LogP contribution in [-0.2, 0) is 22.6 Å². The largest absolute Gasteiger partial charge is 0.352 e. The van der Waals surface area contributed by atoms with Crippen LogP contribution < -0.4 is 10.2 Å². The Labute approximate surface area is 148 Å². The minimum absolute atomic E-state index is 0.0158. The maximum absolute atomic E-state index is 12.1. The fraction of sp³-hybridized carbons (Fsp3) is 0.333. The van der Waals surface area contributed by atoms with Crippen LogP contribution in [0.4, 0.5) is 5.69 Å². The van der Waals surface area contributed by atoms with Crippen LogP contribution in [-0.4, -0.2) is 18.4 Å². The number of nitrogens with one attached hydrogen (secondary N) is 1. The Hall–Kier alpha value is -2.62. The summed E-state index contributed by atoms with van der Waals surface area (Å²) in [4.78, 5) is 25.7. The molecule has 2 aromatic carbocycles. The molecule has 0 saturated carbocycles. The second-order valence-electron chi connectivity index (χ2n) is 6.69. The summed E-state index contributed by atoms with van der Waals surface area (Å²) in [7, 11) is 0. The number of hydrogen-bond donors (Lipinski definition) is 1. The van der Waals surface area contributed by atoms with Gasteiger partial charge in [-0.2, -0.15) is 0 Å². The summed E-state index contributed by atoms with van der Waals surface area (Å²) in [6, 6.07) is 14.0. The summed E-state index contributed by atoms with van der Waals surface area (Å²) in [6.45, 7) is 5.42. The van der Waals surface area contributed by atoms with Gasteiger partial charge in [0, 0.05) is 25.2 Å². The predicted molar refractivity (Wildman–Crippen MR) is 99.5 cm³/mol. The minimum atomic E-state index is 0.0158. The number of nitrogens with zero attached hydrogens (tertiary/aromatic N) is 1. The van der Waals surface area contributed by atoms with Crippen molar-refractivity contribution in [1.82, 2.24) is 5.32 Å². The van der Waals surface area contributed by atoms with Crippen LogP contribution in [0.15, 0.2) is 42.5 Å². The predicted octanol–water partition coefficient (Wildman–Crippen LogP) is 3.29. The number of amides is 2. The minimum Gasteiger partial charge on any atom is -0.352 e. The van der Waals surface area contributed by atoms with Crippen molar-refractivity contribution in [2.45, 2.75) is 39.7 Å². The number of hydrogen-bond acceptors (Lipinski definition) is 2. The van der Waals surface area contributed by atoms with E-state index in [4.69, 9.17) is 0 Å². The Morgan fingerprint density at radius 2 is 1.76 bits per heavy atom. The van der Waals surface area contributed by atoms with Crippen molar-refractivity contribution in [3.8, 4) is 0 Å².